The number of fused-ring (bicyclic) bond motifs is 9. The molecule has 0 saturated carbocycles. The van der Waals surface area contributed by atoms with Crippen molar-refractivity contribution in [1.82, 2.24) is 0 Å². The maximum atomic E-state index is 8.38. The van der Waals surface area contributed by atoms with E-state index < -0.39 is 0 Å². The lowest BCUT2D eigenvalue weighted by Gasteiger charge is -2.46. The third-order valence-electron chi connectivity index (χ3n) is 9.33. The summed E-state index contributed by atoms with van der Waals surface area (Å²) in [6.45, 7) is 11.0. The van der Waals surface area contributed by atoms with Crippen molar-refractivity contribution in [3.05, 3.63) is 201 Å². The Labute approximate surface area is 280 Å². The summed E-state index contributed by atoms with van der Waals surface area (Å²) in [6.07, 6.45) is 0. The van der Waals surface area contributed by atoms with Gasteiger partial charge in [0.05, 0.1) is 17.0 Å². The first kappa shape index (κ1) is 33.1. The molecule has 0 aliphatic heterocycles. The number of hydrazine groups is 1. The van der Waals surface area contributed by atoms with Gasteiger partial charge >= 0.3 is 0 Å². The van der Waals surface area contributed by atoms with Crippen LogP contribution in [-0.2, 0) is 10.8 Å². The fourth-order valence-electron chi connectivity index (χ4n) is 7.14. The van der Waals surface area contributed by atoms with E-state index in [9.17, 15) is 0 Å². The van der Waals surface area contributed by atoms with Gasteiger partial charge in [0, 0.05) is 5.41 Å². The minimum Gasteiger partial charge on any atom is -0.274 e. The normalized spacial score (nSPS) is 13.3. The molecule has 47 heavy (non-hydrogen) atoms. The van der Waals surface area contributed by atoms with Crippen LogP contribution >= 0.6 is 0 Å². The van der Waals surface area contributed by atoms with Crippen molar-refractivity contribution in [2.45, 2.75) is 45.4 Å². The Morgan fingerprint density at radius 2 is 0.872 bits per heavy atom. The van der Waals surface area contributed by atoms with Crippen molar-refractivity contribution < 1.29 is 0 Å². The average molecular weight is 614 g/mol. The highest BCUT2D eigenvalue weighted by molar-refractivity contribution is 5.88. The molecule has 8 rings (SSSR count). The summed E-state index contributed by atoms with van der Waals surface area (Å²) in [5.74, 6) is 8.00. The van der Waals surface area contributed by atoms with Crippen LogP contribution in [0.5, 0.6) is 0 Å². The zero-order valence-corrected chi connectivity index (χ0v) is 28.0. The lowest BCUT2D eigenvalue weighted by Crippen LogP contribution is -2.40. The summed E-state index contributed by atoms with van der Waals surface area (Å²) in [7, 11) is 0. The summed E-state index contributed by atoms with van der Waals surface area (Å²) < 4.78 is 0. The van der Waals surface area contributed by atoms with Gasteiger partial charge < -0.3 is 0 Å². The fourth-order valence-corrected chi connectivity index (χ4v) is 7.14. The second-order valence-electron chi connectivity index (χ2n) is 12.7. The molecule has 4 N–H and O–H groups in total. The molecule has 6 aromatic carbocycles. The van der Waals surface area contributed by atoms with Crippen molar-refractivity contribution in [2.24, 2.45) is 11.7 Å². The van der Waals surface area contributed by atoms with Gasteiger partial charge in [-0.2, -0.15) is 5.26 Å². The maximum Gasteiger partial charge on any atom is 0.0991 e. The van der Waals surface area contributed by atoms with E-state index in [1.807, 2.05) is 49.4 Å². The van der Waals surface area contributed by atoms with Crippen LogP contribution in [0.15, 0.2) is 146 Å². The Balaban J connectivity index is 0.000000197. The van der Waals surface area contributed by atoms with E-state index in [2.05, 4.69) is 149 Å². The third-order valence-corrected chi connectivity index (χ3v) is 9.33. The molecule has 0 saturated heterocycles. The molecule has 0 heterocycles. The highest BCUT2D eigenvalue weighted by Crippen LogP contribution is 2.61. The molecular formula is C44H43N3. The van der Waals surface area contributed by atoms with Gasteiger partial charge in [-0.25, -0.2) is 0 Å². The van der Waals surface area contributed by atoms with Crippen LogP contribution < -0.4 is 11.7 Å². The highest BCUT2D eigenvalue weighted by Gasteiger charge is 2.52. The van der Waals surface area contributed by atoms with Crippen LogP contribution in [0.2, 0.25) is 0 Å². The lowest BCUT2D eigenvalue weighted by molar-refractivity contribution is 0.563. The minimum absolute atomic E-state index is 0.0270. The summed E-state index contributed by atoms with van der Waals surface area (Å²) >= 11 is 0. The van der Waals surface area contributed by atoms with Crippen molar-refractivity contribution in [3.63, 3.8) is 0 Å². The van der Waals surface area contributed by atoms with Gasteiger partial charge in [0.15, 0.2) is 0 Å². The highest BCUT2D eigenvalue weighted by atomic mass is 15.0. The third kappa shape index (κ3) is 6.02. The Kier molecular flexibility index (Phi) is 9.87. The molecule has 0 fully saturated rings. The van der Waals surface area contributed by atoms with Crippen LogP contribution in [0.3, 0.4) is 0 Å². The van der Waals surface area contributed by atoms with Gasteiger partial charge in [-0.3, -0.25) is 11.7 Å². The van der Waals surface area contributed by atoms with E-state index in [0.717, 1.165) is 5.56 Å². The van der Waals surface area contributed by atoms with E-state index in [-0.39, 0.29) is 10.8 Å². The molecule has 234 valence electrons. The van der Waals surface area contributed by atoms with E-state index in [1.54, 1.807) is 0 Å². The van der Waals surface area contributed by atoms with Gasteiger partial charge in [-0.05, 0) is 77.4 Å². The second-order valence-corrected chi connectivity index (χ2v) is 12.7. The monoisotopic (exact) mass is 613 g/mol. The molecule has 1 spiro atoms. The molecule has 3 heteroatoms. The minimum atomic E-state index is -0.248. The fraction of sp³-hybridized carbons (Fsp3) is 0.159. The molecule has 0 amide bonds. The molecule has 0 radical (unpaired) electrons. The predicted octanol–water partition coefficient (Wildman–Crippen LogP) is 9.68. The van der Waals surface area contributed by atoms with Crippen LogP contribution in [0.25, 0.3) is 11.1 Å². The van der Waals surface area contributed by atoms with E-state index >= 15 is 0 Å². The standard InChI is InChI=1S/C29H24.C8H7N.C7H8.H4N2/c1-19-16-17-23-21(18-19)20-10-4-5-11-22(20)29(23)26-14-8-6-12-24(26)28(2,3)25-13-7-9-15-27(25)29;1-7-2-4-8(6-9)5-3-7;1-7-5-3-2-4-6-7;1-2/h4-18H,1-3H3;2-5H,1H3;2-6H,1H3;1-2H2. The van der Waals surface area contributed by atoms with Crippen molar-refractivity contribution >= 4 is 0 Å². The quantitative estimate of drug-likeness (QED) is 0.132. The average Bonchev–Trinajstić information content (AvgIpc) is 3.40. The van der Waals surface area contributed by atoms with Crippen molar-refractivity contribution in [1.29, 1.82) is 5.26 Å². The first-order valence-electron chi connectivity index (χ1n) is 16.0. The van der Waals surface area contributed by atoms with Crippen LogP contribution in [0, 0.1) is 32.1 Å². The van der Waals surface area contributed by atoms with Gasteiger partial charge in [0.2, 0.25) is 0 Å². The molecule has 2 aliphatic rings. The Morgan fingerprint density at radius 1 is 0.447 bits per heavy atom. The zero-order valence-electron chi connectivity index (χ0n) is 28.0. The van der Waals surface area contributed by atoms with Gasteiger partial charge in [-0.1, -0.05) is 164 Å². The molecule has 2 aliphatic carbocycles. The number of nitrogens with zero attached hydrogens (tertiary/aromatic N) is 1. The number of rotatable bonds is 0. The summed E-state index contributed by atoms with van der Waals surface area (Å²) in [4.78, 5) is 0. The smallest absolute Gasteiger partial charge is 0.0991 e. The number of aryl methyl sites for hydroxylation is 3. The molecule has 0 unspecified atom stereocenters. The van der Waals surface area contributed by atoms with Crippen LogP contribution in [0.1, 0.15) is 69.5 Å². The van der Waals surface area contributed by atoms with E-state index in [0.29, 0.717) is 0 Å². The van der Waals surface area contributed by atoms with Gasteiger partial charge in [0.25, 0.3) is 0 Å². The first-order valence-corrected chi connectivity index (χ1v) is 16.0. The topological polar surface area (TPSA) is 75.8 Å². The molecule has 3 nitrogen and oxygen atoms in total. The summed E-state index contributed by atoms with van der Waals surface area (Å²) in [5.41, 5.74) is 15.6. The number of hydrogen-bond acceptors (Lipinski definition) is 3. The molecule has 0 aromatic heterocycles. The SMILES string of the molecule is Cc1ccc(C#N)cc1.Cc1ccc2c(c1)-c1ccccc1C21c2ccccc2C(C)(C)c2ccccc21.Cc1ccccc1.NN. The van der Waals surface area contributed by atoms with E-state index in [1.165, 1.54) is 61.2 Å². The van der Waals surface area contributed by atoms with Crippen LogP contribution in [-0.4, -0.2) is 0 Å². The molecule has 6 aromatic rings. The number of benzene rings is 6. The van der Waals surface area contributed by atoms with Gasteiger partial charge in [0.1, 0.15) is 0 Å². The van der Waals surface area contributed by atoms with E-state index in [4.69, 9.17) is 5.26 Å². The molecule has 0 bridgehead atoms. The lowest BCUT2D eigenvalue weighted by atomic mass is 9.55. The summed E-state index contributed by atoms with van der Waals surface area (Å²) in [6, 6.07) is 54.0. The van der Waals surface area contributed by atoms with Gasteiger partial charge in [-0.15, -0.1) is 0 Å². The molecular weight excluding hydrogens is 571 g/mol. The predicted molar refractivity (Wildman–Crippen MR) is 196 cm³/mol. The second kappa shape index (κ2) is 14.0. The Morgan fingerprint density at radius 3 is 1.38 bits per heavy atom. The number of nitrogens with two attached hydrogens (primary N) is 2. The number of hydrogen-bond donors (Lipinski definition) is 2. The maximum absolute atomic E-state index is 8.38. The Bertz CT molecular complexity index is 1970. The van der Waals surface area contributed by atoms with Crippen LogP contribution in [0.4, 0.5) is 0 Å². The number of nitriles is 1. The summed E-state index contributed by atoms with van der Waals surface area (Å²) in [5, 5.41) is 8.38. The van der Waals surface area contributed by atoms with Crippen molar-refractivity contribution in [3.8, 4) is 17.2 Å². The zero-order chi connectivity index (χ0) is 33.6. The molecule has 0 atom stereocenters. The van der Waals surface area contributed by atoms with Crippen molar-refractivity contribution in [2.75, 3.05) is 0 Å². The largest absolute Gasteiger partial charge is 0.274 e. The first-order chi connectivity index (χ1) is 22.8. The Hall–Kier alpha value is -5.27.